The number of allylic oxidation sites excluding steroid dienone is 1. The highest BCUT2D eigenvalue weighted by Gasteiger charge is 2.05. The summed E-state index contributed by atoms with van der Waals surface area (Å²) in [4.78, 5) is 4.57. The van der Waals surface area contributed by atoms with Gasteiger partial charge in [0.25, 0.3) is 0 Å². The van der Waals surface area contributed by atoms with Crippen molar-refractivity contribution in [3.63, 3.8) is 0 Å². The van der Waals surface area contributed by atoms with Crippen LogP contribution < -0.4 is 0 Å². The fraction of sp³-hybridized carbons (Fsp3) is 0.182. The van der Waals surface area contributed by atoms with Crippen LogP contribution in [-0.2, 0) is 12.2 Å². The minimum Gasteiger partial charge on any atom is -0.241 e. The Morgan fingerprint density at radius 1 is 1.50 bits per heavy atom. The highest BCUT2D eigenvalue weighted by molar-refractivity contribution is 7.79. The summed E-state index contributed by atoms with van der Waals surface area (Å²) in [5.74, 6) is 0.745. The smallest absolute Gasteiger partial charge is 0.0976 e. The van der Waals surface area contributed by atoms with E-state index in [1.165, 1.54) is 10.3 Å². The number of fused-ring (bicyclic) bond motifs is 1. The monoisotopic (exact) mass is 221 g/mol. The van der Waals surface area contributed by atoms with E-state index in [1.807, 2.05) is 6.08 Å². The largest absolute Gasteiger partial charge is 0.241 e. The lowest BCUT2D eigenvalue weighted by molar-refractivity contribution is 1.21. The molecule has 1 aromatic carbocycles. The molecule has 0 aliphatic carbocycles. The van der Waals surface area contributed by atoms with Gasteiger partial charge in [0.05, 0.1) is 15.2 Å². The molecule has 0 amide bonds. The van der Waals surface area contributed by atoms with Gasteiger partial charge in [-0.05, 0) is 11.6 Å². The van der Waals surface area contributed by atoms with E-state index in [9.17, 15) is 0 Å². The van der Waals surface area contributed by atoms with E-state index in [-0.39, 0.29) is 0 Å². The number of para-hydroxylation sites is 1. The number of benzene rings is 1. The Balaban J connectivity index is 2.57. The molecule has 0 aliphatic rings. The molecule has 0 aliphatic heterocycles. The molecule has 1 nitrogen and oxygen atoms in total. The van der Waals surface area contributed by atoms with E-state index in [2.05, 4.69) is 42.4 Å². The molecule has 0 atom stereocenters. The van der Waals surface area contributed by atoms with Crippen molar-refractivity contribution in [3.8, 4) is 0 Å². The van der Waals surface area contributed by atoms with E-state index in [0.29, 0.717) is 0 Å². The van der Waals surface area contributed by atoms with Gasteiger partial charge in [-0.15, -0.1) is 17.9 Å². The van der Waals surface area contributed by atoms with Crippen LogP contribution in [0.1, 0.15) is 10.6 Å². The zero-order valence-corrected chi connectivity index (χ0v) is 9.44. The molecule has 3 heteroatoms. The first-order valence-electron chi connectivity index (χ1n) is 4.44. The van der Waals surface area contributed by atoms with Gasteiger partial charge in [0, 0.05) is 12.2 Å². The number of rotatable bonds is 3. The van der Waals surface area contributed by atoms with Crippen molar-refractivity contribution < 1.29 is 0 Å². The molecule has 0 bridgehead atoms. The number of aromatic nitrogens is 1. The average molecular weight is 221 g/mol. The van der Waals surface area contributed by atoms with Crippen LogP contribution >= 0.6 is 24.0 Å². The molecule has 2 aromatic rings. The maximum absolute atomic E-state index is 4.57. The summed E-state index contributed by atoms with van der Waals surface area (Å²) in [6.07, 6.45) is 2.74. The SMILES string of the molecule is C=CCc1nc2c(CS)cccc2s1. The molecule has 2 rings (SSSR count). The molecule has 1 aromatic heterocycles. The first-order chi connectivity index (χ1) is 6.85. The maximum Gasteiger partial charge on any atom is 0.0976 e. The maximum atomic E-state index is 4.57. The predicted molar refractivity (Wildman–Crippen MR) is 66.2 cm³/mol. The third-order valence-corrected chi connectivity index (χ3v) is 3.42. The molecule has 0 spiro atoms. The number of hydrogen-bond donors (Lipinski definition) is 1. The van der Waals surface area contributed by atoms with Gasteiger partial charge in [0.15, 0.2) is 0 Å². The molecule has 0 unspecified atom stereocenters. The van der Waals surface area contributed by atoms with Gasteiger partial charge in [0.2, 0.25) is 0 Å². The van der Waals surface area contributed by atoms with E-state index in [4.69, 9.17) is 0 Å². The highest BCUT2D eigenvalue weighted by atomic mass is 32.1. The van der Waals surface area contributed by atoms with Crippen molar-refractivity contribution in [1.29, 1.82) is 0 Å². The molecule has 1 heterocycles. The lowest BCUT2D eigenvalue weighted by atomic mass is 10.2. The number of thiol groups is 1. The van der Waals surface area contributed by atoms with Gasteiger partial charge in [-0.25, -0.2) is 4.98 Å². The summed E-state index contributed by atoms with van der Waals surface area (Å²) in [7, 11) is 0. The fourth-order valence-corrected chi connectivity index (χ4v) is 2.66. The predicted octanol–water partition coefficient (Wildman–Crippen LogP) is 3.45. The zero-order chi connectivity index (χ0) is 9.97. The molecular weight excluding hydrogens is 210 g/mol. The summed E-state index contributed by atoms with van der Waals surface area (Å²) in [5.41, 5.74) is 2.31. The molecule has 0 N–H and O–H groups in total. The molecule has 0 saturated carbocycles. The second-order valence-corrected chi connectivity index (χ2v) is 4.45. The Kier molecular flexibility index (Phi) is 2.89. The summed E-state index contributed by atoms with van der Waals surface area (Å²) < 4.78 is 1.24. The third-order valence-electron chi connectivity index (χ3n) is 2.04. The van der Waals surface area contributed by atoms with Crippen LogP contribution in [-0.4, -0.2) is 4.98 Å². The highest BCUT2D eigenvalue weighted by Crippen LogP contribution is 2.26. The van der Waals surface area contributed by atoms with E-state index in [0.717, 1.165) is 22.7 Å². The third kappa shape index (κ3) is 1.70. The lowest BCUT2D eigenvalue weighted by Gasteiger charge is -1.94. The molecule has 0 saturated heterocycles. The minimum absolute atomic E-state index is 0.745. The lowest BCUT2D eigenvalue weighted by Crippen LogP contribution is -1.81. The van der Waals surface area contributed by atoms with Crippen LogP contribution in [0.2, 0.25) is 0 Å². The average Bonchev–Trinajstić information content (AvgIpc) is 2.60. The molecule has 0 fully saturated rings. The van der Waals surface area contributed by atoms with Crippen molar-refractivity contribution in [2.75, 3.05) is 0 Å². The summed E-state index contributed by atoms with van der Waals surface area (Å²) >= 11 is 6.03. The van der Waals surface area contributed by atoms with Gasteiger partial charge >= 0.3 is 0 Å². The normalized spacial score (nSPS) is 10.6. The Labute approximate surface area is 92.9 Å². The summed E-state index contributed by atoms with van der Waals surface area (Å²) in [6, 6.07) is 6.24. The van der Waals surface area contributed by atoms with Crippen molar-refractivity contribution in [2.45, 2.75) is 12.2 Å². The van der Waals surface area contributed by atoms with Crippen molar-refractivity contribution in [3.05, 3.63) is 41.4 Å². The molecular formula is C11H11NS2. The Bertz CT molecular complexity index is 459. The number of hydrogen-bond acceptors (Lipinski definition) is 3. The summed E-state index contributed by atoms with van der Waals surface area (Å²) in [5, 5.41) is 1.13. The zero-order valence-electron chi connectivity index (χ0n) is 7.73. The first-order valence-corrected chi connectivity index (χ1v) is 5.89. The van der Waals surface area contributed by atoms with Crippen molar-refractivity contribution in [1.82, 2.24) is 4.98 Å². The second kappa shape index (κ2) is 4.15. The second-order valence-electron chi connectivity index (χ2n) is 3.02. The van der Waals surface area contributed by atoms with Crippen LogP contribution in [0.25, 0.3) is 10.2 Å². The number of thiazole rings is 1. The standard InChI is InChI=1S/C11H11NS2/c1-2-4-10-12-11-8(7-13)5-3-6-9(11)14-10/h2-3,5-6,13H,1,4,7H2. The quantitative estimate of drug-likeness (QED) is 0.618. The van der Waals surface area contributed by atoms with Crippen LogP contribution in [0.5, 0.6) is 0 Å². The van der Waals surface area contributed by atoms with Gasteiger partial charge in [0.1, 0.15) is 0 Å². The topological polar surface area (TPSA) is 12.9 Å². The molecule has 0 radical (unpaired) electrons. The Hall–Kier alpha value is -0.800. The molecule has 72 valence electrons. The fourth-order valence-electron chi connectivity index (χ4n) is 1.39. The van der Waals surface area contributed by atoms with Gasteiger partial charge in [-0.1, -0.05) is 18.2 Å². The van der Waals surface area contributed by atoms with Crippen LogP contribution in [0, 0.1) is 0 Å². The van der Waals surface area contributed by atoms with Crippen molar-refractivity contribution in [2.24, 2.45) is 0 Å². The summed E-state index contributed by atoms with van der Waals surface area (Å²) in [6.45, 7) is 3.72. The van der Waals surface area contributed by atoms with E-state index >= 15 is 0 Å². The molecule has 14 heavy (non-hydrogen) atoms. The van der Waals surface area contributed by atoms with E-state index < -0.39 is 0 Å². The Morgan fingerprint density at radius 2 is 2.36 bits per heavy atom. The first kappa shape index (κ1) is 9.74. The van der Waals surface area contributed by atoms with Crippen molar-refractivity contribution >= 4 is 34.2 Å². The van der Waals surface area contributed by atoms with Gasteiger partial charge in [-0.3, -0.25) is 0 Å². The van der Waals surface area contributed by atoms with Gasteiger partial charge < -0.3 is 0 Å². The van der Waals surface area contributed by atoms with Crippen LogP contribution in [0.15, 0.2) is 30.9 Å². The van der Waals surface area contributed by atoms with Crippen LogP contribution in [0.4, 0.5) is 0 Å². The van der Waals surface area contributed by atoms with Crippen LogP contribution in [0.3, 0.4) is 0 Å². The Morgan fingerprint density at radius 3 is 3.07 bits per heavy atom. The van der Waals surface area contributed by atoms with E-state index in [1.54, 1.807) is 11.3 Å². The number of nitrogens with zero attached hydrogens (tertiary/aromatic N) is 1. The van der Waals surface area contributed by atoms with Gasteiger partial charge in [-0.2, -0.15) is 12.6 Å². The minimum atomic E-state index is 0.745.